The molecule has 3 nitrogen and oxygen atoms in total. The van der Waals surface area contributed by atoms with Gasteiger partial charge in [-0.1, -0.05) is 54.6 Å². The van der Waals surface area contributed by atoms with Gasteiger partial charge in [-0.15, -0.1) is 0 Å². The Morgan fingerprint density at radius 1 is 0.933 bits per heavy atom. The maximum absolute atomic E-state index is 14.1. The van der Waals surface area contributed by atoms with Gasteiger partial charge in [0.1, 0.15) is 5.71 Å². The largest absolute Gasteiger partial charge is 0.294 e. The highest BCUT2D eigenvalue weighted by Gasteiger charge is 2.20. The van der Waals surface area contributed by atoms with E-state index in [0.29, 0.717) is 11.4 Å². The van der Waals surface area contributed by atoms with Crippen LogP contribution < -0.4 is 0 Å². The van der Waals surface area contributed by atoms with E-state index < -0.39 is 11.6 Å². The van der Waals surface area contributed by atoms with Gasteiger partial charge in [-0.2, -0.15) is 0 Å². The van der Waals surface area contributed by atoms with Crippen LogP contribution in [-0.4, -0.2) is 24.8 Å². The van der Waals surface area contributed by atoms with E-state index in [1.807, 2.05) is 18.2 Å². The second kappa shape index (κ2) is 8.91. The second-order valence-electron chi connectivity index (χ2n) is 7.08. The lowest BCUT2D eigenvalue weighted by Gasteiger charge is -2.03. The summed E-state index contributed by atoms with van der Waals surface area (Å²) in [6.07, 6.45) is 6.24. The van der Waals surface area contributed by atoms with Crippen molar-refractivity contribution < 1.29 is 8.78 Å². The fourth-order valence-corrected chi connectivity index (χ4v) is 3.47. The number of nitrogens with zero attached hydrogens (tertiary/aromatic N) is 3. The molecule has 0 spiro atoms. The van der Waals surface area contributed by atoms with Crippen LogP contribution in [0.1, 0.15) is 24.0 Å². The van der Waals surface area contributed by atoms with Gasteiger partial charge in [-0.25, -0.2) is 18.8 Å². The zero-order valence-electron chi connectivity index (χ0n) is 16.6. The molecular weight excluding hydrogens is 380 g/mol. The standard InChI is InChI=1S/C25H21F2N3/c1-28-16-23-22(29-25(30-23)20-10-6-11-21(26)24(20)27)12-5-2-7-17-13-14-18-8-3-4-9-19(18)15-17/h3-4,6,8-16H,2,5,7H2,1H3/b22-12+,28-16?. The maximum atomic E-state index is 14.1. The molecule has 0 amide bonds. The van der Waals surface area contributed by atoms with Crippen molar-refractivity contribution in [2.45, 2.75) is 19.3 Å². The van der Waals surface area contributed by atoms with E-state index in [4.69, 9.17) is 0 Å². The minimum absolute atomic E-state index is 0.0524. The molecule has 0 saturated heterocycles. The van der Waals surface area contributed by atoms with Gasteiger partial charge < -0.3 is 0 Å². The van der Waals surface area contributed by atoms with Gasteiger partial charge in [0.2, 0.25) is 0 Å². The molecule has 4 rings (SSSR count). The summed E-state index contributed by atoms with van der Waals surface area (Å²) in [7, 11) is 1.64. The zero-order valence-corrected chi connectivity index (χ0v) is 16.6. The average Bonchev–Trinajstić information content (AvgIpc) is 3.16. The van der Waals surface area contributed by atoms with Crippen LogP contribution in [0.3, 0.4) is 0 Å². The highest BCUT2D eigenvalue weighted by molar-refractivity contribution is 6.42. The van der Waals surface area contributed by atoms with Crippen LogP contribution in [-0.2, 0) is 6.42 Å². The van der Waals surface area contributed by atoms with Crippen molar-refractivity contribution in [3.05, 3.63) is 95.2 Å². The number of rotatable bonds is 6. The van der Waals surface area contributed by atoms with Gasteiger partial charge >= 0.3 is 0 Å². The third-order valence-corrected chi connectivity index (χ3v) is 4.98. The van der Waals surface area contributed by atoms with Crippen molar-refractivity contribution in [2.75, 3.05) is 7.05 Å². The summed E-state index contributed by atoms with van der Waals surface area (Å²) in [5.74, 6) is -1.68. The van der Waals surface area contributed by atoms with Crippen LogP contribution in [0.4, 0.5) is 8.78 Å². The molecule has 0 fully saturated rings. The van der Waals surface area contributed by atoms with E-state index in [0.717, 1.165) is 25.3 Å². The Balaban J connectivity index is 1.48. The molecule has 150 valence electrons. The maximum Gasteiger partial charge on any atom is 0.169 e. The lowest BCUT2D eigenvalue weighted by molar-refractivity contribution is 0.507. The van der Waals surface area contributed by atoms with Gasteiger partial charge in [-0.05, 0) is 47.7 Å². The average molecular weight is 401 g/mol. The number of hydrogen-bond donors (Lipinski definition) is 0. The number of aliphatic imine (C=N–C) groups is 3. The number of benzene rings is 3. The highest BCUT2D eigenvalue weighted by atomic mass is 19.2. The quantitative estimate of drug-likeness (QED) is 0.363. The van der Waals surface area contributed by atoms with Gasteiger partial charge in [0.15, 0.2) is 17.5 Å². The number of allylic oxidation sites excluding steroid dienone is 2. The Kier molecular flexibility index (Phi) is 5.89. The van der Waals surface area contributed by atoms with E-state index in [1.54, 1.807) is 13.3 Å². The van der Waals surface area contributed by atoms with E-state index in [-0.39, 0.29) is 11.4 Å². The Hall–Kier alpha value is -3.47. The molecule has 0 atom stereocenters. The lowest BCUT2D eigenvalue weighted by Crippen LogP contribution is -2.02. The van der Waals surface area contributed by atoms with Gasteiger partial charge in [0.05, 0.1) is 11.3 Å². The molecule has 0 bridgehead atoms. The third kappa shape index (κ3) is 4.25. The van der Waals surface area contributed by atoms with Crippen LogP contribution >= 0.6 is 0 Å². The van der Waals surface area contributed by atoms with Crippen molar-refractivity contribution in [2.24, 2.45) is 15.0 Å². The number of unbranched alkanes of at least 4 members (excludes halogenated alkanes) is 1. The minimum Gasteiger partial charge on any atom is -0.294 e. The van der Waals surface area contributed by atoms with Crippen molar-refractivity contribution in [3.8, 4) is 0 Å². The molecule has 1 aliphatic heterocycles. The summed E-state index contributed by atoms with van der Waals surface area (Å²) in [4.78, 5) is 12.8. The first-order valence-corrected chi connectivity index (χ1v) is 9.88. The first-order valence-electron chi connectivity index (χ1n) is 9.88. The van der Waals surface area contributed by atoms with E-state index in [9.17, 15) is 8.78 Å². The normalized spacial score (nSPS) is 15.2. The summed E-state index contributed by atoms with van der Waals surface area (Å²) in [6, 6.07) is 18.8. The third-order valence-electron chi connectivity index (χ3n) is 4.98. The zero-order chi connectivity index (χ0) is 20.9. The Bertz CT molecular complexity index is 1210. The topological polar surface area (TPSA) is 37.1 Å². The predicted molar refractivity (Wildman–Crippen MR) is 120 cm³/mol. The fourth-order valence-electron chi connectivity index (χ4n) is 3.47. The Morgan fingerprint density at radius 2 is 1.77 bits per heavy atom. The SMILES string of the molecule is CN=CC1=NC(c2cccc(F)c2F)=N/C1=C/CCCc1ccc2ccccc2c1. The second-order valence-corrected chi connectivity index (χ2v) is 7.08. The van der Waals surface area contributed by atoms with E-state index >= 15 is 0 Å². The first-order chi connectivity index (χ1) is 14.7. The van der Waals surface area contributed by atoms with Crippen LogP contribution in [0, 0.1) is 11.6 Å². The molecule has 0 saturated carbocycles. The predicted octanol–water partition coefficient (Wildman–Crippen LogP) is 5.93. The molecule has 1 heterocycles. The molecule has 5 heteroatoms. The van der Waals surface area contributed by atoms with Gasteiger partial charge in [0, 0.05) is 13.3 Å². The molecule has 0 N–H and O–H groups in total. The summed E-state index contributed by atoms with van der Waals surface area (Å²) < 4.78 is 27.7. The van der Waals surface area contributed by atoms with Crippen LogP contribution in [0.5, 0.6) is 0 Å². The summed E-state index contributed by atoms with van der Waals surface area (Å²) in [5, 5.41) is 2.48. The summed E-state index contributed by atoms with van der Waals surface area (Å²) in [5.41, 5.74) is 2.53. The van der Waals surface area contributed by atoms with Crippen molar-refractivity contribution in [1.82, 2.24) is 0 Å². The molecule has 0 unspecified atom stereocenters. The molecule has 0 radical (unpaired) electrons. The summed E-state index contributed by atoms with van der Waals surface area (Å²) in [6.45, 7) is 0. The molecule has 3 aromatic rings. The molecule has 0 aromatic heterocycles. The van der Waals surface area contributed by atoms with E-state index in [2.05, 4.69) is 45.3 Å². The monoisotopic (exact) mass is 401 g/mol. The van der Waals surface area contributed by atoms with Crippen LogP contribution in [0.15, 0.2) is 87.4 Å². The molecule has 0 aliphatic carbocycles. The van der Waals surface area contributed by atoms with Crippen molar-refractivity contribution in [1.29, 1.82) is 0 Å². The Labute approximate surface area is 174 Å². The van der Waals surface area contributed by atoms with Gasteiger partial charge in [0.25, 0.3) is 0 Å². The first kappa shape index (κ1) is 19.8. The van der Waals surface area contributed by atoms with E-state index in [1.165, 1.54) is 28.5 Å². The molecule has 30 heavy (non-hydrogen) atoms. The minimum atomic E-state index is -0.939. The van der Waals surface area contributed by atoms with Crippen molar-refractivity contribution >= 4 is 28.5 Å². The van der Waals surface area contributed by atoms with Gasteiger partial charge in [-0.3, -0.25) is 4.99 Å². The number of aryl methyl sites for hydroxylation is 1. The number of amidine groups is 1. The molecule has 3 aromatic carbocycles. The van der Waals surface area contributed by atoms with Crippen LogP contribution in [0.2, 0.25) is 0 Å². The Morgan fingerprint density at radius 3 is 2.60 bits per heavy atom. The number of fused-ring (bicyclic) bond motifs is 1. The fraction of sp³-hybridized carbons (Fsp3) is 0.160. The van der Waals surface area contributed by atoms with Crippen molar-refractivity contribution in [3.63, 3.8) is 0 Å². The molecular formula is C25H21F2N3. The number of halogens is 2. The lowest BCUT2D eigenvalue weighted by atomic mass is 10.0. The highest BCUT2D eigenvalue weighted by Crippen LogP contribution is 2.21. The summed E-state index contributed by atoms with van der Waals surface area (Å²) >= 11 is 0. The smallest absolute Gasteiger partial charge is 0.169 e. The van der Waals surface area contributed by atoms with Crippen LogP contribution in [0.25, 0.3) is 10.8 Å². The number of hydrogen-bond acceptors (Lipinski definition) is 3. The molecule has 1 aliphatic rings.